The number of hydrogen-bond acceptors (Lipinski definition) is 5. The molecule has 0 N–H and O–H groups in total. The van der Waals surface area contributed by atoms with E-state index in [1.165, 1.54) is 4.80 Å². The smallest absolute Gasteiger partial charge is 0.246 e. The van der Waals surface area contributed by atoms with Gasteiger partial charge >= 0.3 is 0 Å². The molecule has 1 atom stereocenters. The molecular weight excluding hydrogens is 320 g/mol. The number of likely N-dealkylation sites (tertiary alicyclic amines) is 1. The quantitative estimate of drug-likeness (QED) is 0.717. The first kappa shape index (κ1) is 17.6. The van der Waals surface area contributed by atoms with Gasteiger partial charge in [0.2, 0.25) is 11.8 Å². The van der Waals surface area contributed by atoms with E-state index in [0.717, 1.165) is 19.4 Å². The Hall–Kier alpha value is -2.22. The molecule has 2 aliphatic rings. The Bertz CT molecular complexity index is 631. The van der Waals surface area contributed by atoms with Gasteiger partial charge in [-0.05, 0) is 19.9 Å². The summed E-state index contributed by atoms with van der Waals surface area (Å²) in [6.07, 6.45) is 7.08. The lowest BCUT2D eigenvalue weighted by molar-refractivity contribution is -0.138. The Labute approximate surface area is 148 Å². The van der Waals surface area contributed by atoms with Gasteiger partial charge in [0.1, 0.15) is 6.54 Å². The van der Waals surface area contributed by atoms with Gasteiger partial charge in [-0.1, -0.05) is 6.08 Å². The van der Waals surface area contributed by atoms with E-state index in [4.69, 9.17) is 0 Å². The molecule has 136 valence electrons. The van der Waals surface area contributed by atoms with Crippen LogP contribution in [0.2, 0.25) is 0 Å². The van der Waals surface area contributed by atoms with E-state index in [0.29, 0.717) is 32.6 Å². The summed E-state index contributed by atoms with van der Waals surface area (Å²) in [6, 6.07) is 0. The van der Waals surface area contributed by atoms with Gasteiger partial charge in [0.15, 0.2) is 0 Å². The zero-order valence-corrected chi connectivity index (χ0v) is 14.8. The third-order valence-electron chi connectivity index (χ3n) is 5.45. The third-order valence-corrected chi connectivity index (χ3v) is 5.45. The highest BCUT2D eigenvalue weighted by Gasteiger charge is 2.43. The van der Waals surface area contributed by atoms with Crippen LogP contribution in [0.4, 0.5) is 0 Å². The Morgan fingerprint density at radius 1 is 1.28 bits per heavy atom. The van der Waals surface area contributed by atoms with Crippen molar-refractivity contribution in [3.8, 4) is 0 Å². The minimum atomic E-state index is -0.142. The predicted molar refractivity (Wildman–Crippen MR) is 92.6 cm³/mol. The third kappa shape index (κ3) is 3.73. The van der Waals surface area contributed by atoms with Gasteiger partial charge < -0.3 is 9.80 Å². The fourth-order valence-electron chi connectivity index (χ4n) is 3.80. The molecule has 0 radical (unpaired) electrons. The second kappa shape index (κ2) is 7.35. The molecule has 1 aromatic heterocycles. The Morgan fingerprint density at radius 2 is 2.04 bits per heavy atom. The fourth-order valence-corrected chi connectivity index (χ4v) is 3.80. The average molecular weight is 346 g/mol. The molecule has 25 heavy (non-hydrogen) atoms. The number of carbonyl (C=O) groups is 2. The maximum atomic E-state index is 12.6. The molecule has 8 nitrogen and oxygen atoms in total. The van der Waals surface area contributed by atoms with Gasteiger partial charge in [0, 0.05) is 44.7 Å². The lowest BCUT2D eigenvalue weighted by atomic mass is 9.86. The molecule has 0 aliphatic carbocycles. The summed E-state index contributed by atoms with van der Waals surface area (Å²) in [7, 11) is 2.10. The molecule has 0 aromatic carbocycles. The molecule has 0 bridgehead atoms. The van der Waals surface area contributed by atoms with Gasteiger partial charge in [-0.2, -0.15) is 15.0 Å². The number of amides is 2. The summed E-state index contributed by atoms with van der Waals surface area (Å²) in [5.41, 5.74) is -0.142. The number of aromatic nitrogens is 3. The molecule has 2 aliphatic heterocycles. The Morgan fingerprint density at radius 3 is 2.76 bits per heavy atom. The number of piperazine rings is 1. The van der Waals surface area contributed by atoms with E-state index in [-0.39, 0.29) is 23.9 Å². The van der Waals surface area contributed by atoms with Crippen LogP contribution in [-0.2, 0) is 16.1 Å². The van der Waals surface area contributed by atoms with Crippen LogP contribution in [0.1, 0.15) is 19.3 Å². The van der Waals surface area contributed by atoms with Crippen LogP contribution in [0.5, 0.6) is 0 Å². The molecule has 0 saturated carbocycles. The topological polar surface area (TPSA) is 74.6 Å². The standard InChI is InChI=1S/C17H26N6O2/c1-3-9-21-10-6-17(5-4-15(21)24)14-22(12-11-20(17)2)16(25)13-23-18-7-8-19-23/h3,7-8H,1,4-6,9-14H2,2H3/t17-/m0/s1. The van der Waals surface area contributed by atoms with Crippen LogP contribution in [0, 0.1) is 0 Å². The van der Waals surface area contributed by atoms with Crippen molar-refractivity contribution in [1.29, 1.82) is 0 Å². The zero-order chi connectivity index (χ0) is 17.9. The molecule has 2 saturated heterocycles. The summed E-state index contributed by atoms with van der Waals surface area (Å²) in [6.45, 7) is 7.36. The van der Waals surface area contributed by atoms with Gasteiger partial charge in [-0.25, -0.2) is 0 Å². The van der Waals surface area contributed by atoms with Crippen molar-refractivity contribution in [2.24, 2.45) is 0 Å². The van der Waals surface area contributed by atoms with Crippen LogP contribution in [0.15, 0.2) is 25.0 Å². The summed E-state index contributed by atoms with van der Waals surface area (Å²) in [5.74, 6) is 0.205. The maximum absolute atomic E-state index is 12.6. The molecule has 1 aromatic rings. The normalized spacial score (nSPS) is 25.2. The van der Waals surface area contributed by atoms with E-state index >= 15 is 0 Å². The van der Waals surface area contributed by atoms with Gasteiger partial charge in [0.25, 0.3) is 0 Å². The largest absolute Gasteiger partial charge is 0.339 e. The second-order valence-corrected chi connectivity index (χ2v) is 6.90. The van der Waals surface area contributed by atoms with Crippen molar-refractivity contribution in [1.82, 2.24) is 29.7 Å². The van der Waals surface area contributed by atoms with Gasteiger partial charge in [-0.15, -0.1) is 6.58 Å². The zero-order valence-electron chi connectivity index (χ0n) is 14.8. The number of carbonyl (C=O) groups excluding carboxylic acids is 2. The highest BCUT2D eigenvalue weighted by Crippen LogP contribution is 2.32. The molecule has 3 rings (SSSR count). The van der Waals surface area contributed by atoms with Gasteiger partial charge in [-0.3, -0.25) is 14.5 Å². The van der Waals surface area contributed by atoms with Crippen LogP contribution in [-0.4, -0.2) is 86.8 Å². The number of nitrogens with zero attached hydrogens (tertiary/aromatic N) is 6. The minimum Gasteiger partial charge on any atom is -0.339 e. The van der Waals surface area contributed by atoms with Crippen molar-refractivity contribution in [3.63, 3.8) is 0 Å². The number of likely N-dealkylation sites (N-methyl/N-ethyl adjacent to an activating group) is 1. The molecule has 0 unspecified atom stereocenters. The van der Waals surface area contributed by atoms with Crippen molar-refractivity contribution in [2.45, 2.75) is 31.3 Å². The predicted octanol–water partition coefficient (Wildman–Crippen LogP) is -0.0106. The summed E-state index contributed by atoms with van der Waals surface area (Å²) in [5, 5.41) is 8.02. The van der Waals surface area contributed by atoms with E-state index in [1.807, 2.05) is 9.80 Å². The Balaban J connectivity index is 1.70. The number of hydrogen-bond donors (Lipinski definition) is 0. The Kier molecular flexibility index (Phi) is 5.17. The number of rotatable bonds is 4. The summed E-state index contributed by atoms with van der Waals surface area (Å²) >= 11 is 0. The van der Waals surface area contributed by atoms with Crippen molar-refractivity contribution in [3.05, 3.63) is 25.0 Å². The lowest BCUT2D eigenvalue weighted by Crippen LogP contribution is -2.62. The highest BCUT2D eigenvalue weighted by atomic mass is 16.2. The molecule has 1 spiro atoms. The molecule has 2 fully saturated rings. The minimum absolute atomic E-state index is 0.0298. The second-order valence-electron chi connectivity index (χ2n) is 6.90. The van der Waals surface area contributed by atoms with Crippen molar-refractivity contribution >= 4 is 11.8 Å². The van der Waals surface area contributed by atoms with Crippen molar-refractivity contribution < 1.29 is 9.59 Å². The van der Waals surface area contributed by atoms with E-state index in [9.17, 15) is 9.59 Å². The van der Waals surface area contributed by atoms with E-state index in [2.05, 4.69) is 28.7 Å². The van der Waals surface area contributed by atoms with Gasteiger partial charge in [0.05, 0.1) is 12.4 Å². The monoisotopic (exact) mass is 346 g/mol. The fraction of sp³-hybridized carbons (Fsp3) is 0.647. The first-order chi connectivity index (χ1) is 12.0. The highest BCUT2D eigenvalue weighted by molar-refractivity contribution is 5.77. The van der Waals surface area contributed by atoms with E-state index < -0.39 is 0 Å². The maximum Gasteiger partial charge on any atom is 0.246 e. The SMILES string of the molecule is C=CCN1CC[C@@]2(CCC1=O)CN(C(=O)Cn1nccn1)CCN2C. The van der Waals surface area contributed by atoms with Crippen LogP contribution in [0.25, 0.3) is 0 Å². The van der Waals surface area contributed by atoms with Crippen LogP contribution >= 0.6 is 0 Å². The first-order valence-corrected chi connectivity index (χ1v) is 8.76. The summed E-state index contributed by atoms with van der Waals surface area (Å²) in [4.78, 5) is 32.5. The molecule has 3 heterocycles. The van der Waals surface area contributed by atoms with Crippen LogP contribution < -0.4 is 0 Å². The van der Waals surface area contributed by atoms with E-state index in [1.54, 1.807) is 18.5 Å². The lowest BCUT2D eigenvalue weighted by Gasteiger charge is -2.49. The first-order valence-electron chi connectivity index (χ1n) is 8.76. The van der Waals surface area contributed by atoms with Crippen LogP contribution in [0.3, 0.4) is 0 Å². The average Bonchev–Trinajstić information content (AvgIpc) is 3.06. The molecule has 8 heteroatoms. The summed E-state index contributed by atoms with van der Waals surface area (Å²) < 4.78 is 0. The molecular formula is C17H26N6O2. The molecule has 2 amide bonds. The van der Waals surface area contributed by atoms with Crippen molar-refractivity contribution in [2.75, 3.05) is 39.8 Å².